The van der Waals surface area contributed by atoms with Gasteiger partial charge in [-0.2, -0.15) is 0 Å². The van der Waals surface area contributed by atoms with Crippen LogP contribution in [0.1, 0.15) is 13.3 Å². The van der Waals surface area contributed by atoms with Crippen LogP contribution in [0.4, 0.5) is 15.8 Å². The summed E-state index contributed by atoms with van der Waals surface area (Å²) in [7, 11) is 0. The molecule has 30 heavy (non-hydrogen) atoms. The molecule has 0 saturated carbocycles. The normalized spacial score (nSPS) is 16.0. The van der Waals surface area contributed by atoms with Crippen LogP contribution < -0.4 is 15.5 Å². The number of carbonyl (C=O) groups is 3. The number of benzene rings is 2. The first-order chi connectivity index (χ1) is 14.4. The number of hydrogen-bond donors (Lipinski definition) is 2. The summed E-state index contributed by atoms with van der Waals surface area (Å²) in [5.41, 5.74) is 1.04. The summed E-state index contributed by atoms with van der Waals surface area (Å²) in [6, 6.07) is 13.5. The first-order valence-corrected chi connectivity index (χ1v) is 9.77. The fraction of sp³-hybridized carbons (Fsp3) is 0.238. The highest BCUT2D eigenvalue weighted by Gasteiger charge is 2.43. The molecular formula is C21H21FN4O3S. The molecule has 9 heteroatoms. The maximum absolute atomic E-state index is 13.1. The molecule has 1 saturated heterocycles. The number of amides is 3. The molecule has 1 unspecified atom stereocenters. The van der Waals surface area contributed by atoms with E-state index < -0.39 is 17.8 Å². The SMILES string of the molecule is CC(=O)NCCN1C(=S)N(c2ccccc2)C(=O)C1CC(=O)Nc1ccc(F)cc1. The number of hydrogen-bond acceptors (Lipinski definition) is 4. The molecule has 3 rings (SSSR count). The zero-order valence-electron chi connectivity index (χ0n) is 16.3. The Labute approximate surface area is 178 Å². The molecule has 1 atom stereocenters. The van der Waals surface area contributed by atoms with Crippen LogP contribution in [0.25, 0.3) is 0 Å². The van der Waals surface area contributed by atoms with Crippen LogP contribution in [0.2, 0.25) is 0 Å². The lowest BCUT2D eigenvalue weighted by Gasteiger charge is -2.23. The average molecular weight is 428 g/mol. The third-order valence-corrected chi connectivity index (χ3v) is 4.98. The van der Waals surface area contributed by atoms with Crippen molar-refractivity contribution in [1.29, 1.82) is 0 Å². The molecule has 2 N–H and O–H groups in total. The van der Waals surface area contributed by atoms with Gasteiger partial charge in [0.25, 0.3) is 5.91 Å². The Morgan fingerprint density at radius 3 is 2.40 bits per heavy atom. The van der Waals surface area contributed by atoms with Gasteiger partial charge in [-0.3, -0.25) is 19.3 Å². The number of nitrogens with zero attached hydrogens (tertiary/aromatic N) is 2. The molecule has 156 valence electrons. The van der Waals surface area contributed by atoms with Gasteiger partial charge < -0.3 is 15.5 Å². The molecule has 1 fully saturated rings. The first kappa shape index (κ1) is 21.4. The predicted octanol–water partition coefficient (Wildman–Crippen LogP) is 2.29. The van der Waals surface area contributed by atoms with E-state index in [0.29, 0.717) is 11.4 Å². The number of rotatable bonds is 7. The monoisotopic (exact) mass is 428 g/mol. The largest absolute Gasteiger partial charge is 0.355 e. The van der Waals surface area contributed by atoms with Crippen molar-refractivity contribution in [3.63, 3.8) is 0 Å². The number of carbonyl (C=O) groups excluding carboxylic acids is 3. The van der Waals surface area contributed by atoms with Gasteiger partial charge in [0.05, 0.1) is 12.1 Å². The lowest BCUT2D eigenvalue weighted by molar-refractivity contribution is -0.124. The van der Waals surface area contributed by atoms with E-state index in [1.54, 1.807) is 29.2 Å². The Balaban J connectivity index is 1.77. The van der Waals surface area contributed by atoms with E-state index in [4.69, 9.17) is 12.2 Å². The number of halogens is 1. The highest BCUT2D eigenvalue weighted by molar-refractivity contribution is 7.80. The summed E-state index contributed by atoms with van der Waals surface area (Å²) < 4.78 is 13.1. The van der Waals surface area contributed by atoms with E-state index in [0.717, 1.165) is 0 Å². The third kappa shape index (κ3) is 4.98. The molecule has 2 aromatic rings. The molecule has 1 aliphatic rings. The summed E-state index contributed by atoms with van der Waals surface area (Å²) in [6.45, 7) is 1.96. The molecule has 0 aromatic heterocycles. The zero-order valence-corrected chi connectivity index (χ0v) is 17.1. The highest BCUT2D eigenvalue weighted by Crippen LogP contribution is 2.27. The smallest absolute Gasteiger partial charge is 0.256 e. The van der Waals surface area contributed by atoms with Gasteiger partial charge >= 0.3 is 0 Å². The van der Waals surface area contributed by atoms with E-state index >= 15 is 0 Å². The van der Waals surface area contributed by atoms with Gasteiger partial charge in [0, 0.05) is 25.7 Å². The molecule has 7 nitrogen and oxygen atoms in total. The Kier molecular flexibility index (Phi) is 6.73. The van der Waals surface area contributed by atoms with Crippen molar-refractivity contribution in [3.05, 3.63) is 60.4 Å². The van der Waals surface area contributed by atoms with Crippen molar-refractivity contribution in [3.8, 4) is 0 Å². The Morgan fingerprint density at radius 1 is 1.10 bits per heavy atom. The van der Waals surface area contributed by atoms with Crippen LogP contribution in [0.5, 0.6) is 0 Å². The maximum atomic E-state index is 13.1. The van der Waals surface area contributed by atoms with Crippen molar-refractivity contribution in [2.45, 2.75) is 19.4 Å². The Morgan fingerprint density at radius 2 is 1.77 bits per heavy atom. The molecule has 3 amide bonds. The van der Waals surface area contributed by atoms with Crippen LogP contribution in [0.15, 0.2) is 54.6 Å². The van der Waals surface area contributed by atoms with Gasteiger partial charge in [-0.15, -0.1) is 0 Å². The fourth-order valence-electron chi connectivity index (χ4n) is 3.18. The molecule has 1 heterocycles. The summed E-state index contributed by atoms with van der Waals surface area (Å²) in [5, 5.41) is 5.61. The summed E-state index contributed by atoms with van der Waals surface area (Å²) >= 11 is 5.52. The van der Waals surface area contributed by atoms with Crippen LogP contribution in [0.3, 0.4) is 0 Å². The first-order valence-electron chi connectivity index (χ1n) is 9.36. The van der Waals surface area contributed by atoms with Crippen molar-refractivity contribution in [2.75, 3.05) is 23.3 Å². The van der Waals surface area contributed by atoms with Gasteiger partial charge in [0.15, 0.2) is 5.11 Å². The van der Waals surface area contributed by atoms with Gasteiger partial charge in [0.2, 0.25) is 11.8 Å². The summed E-state index contributed by atoms with van der Waals surface area (Å²) in [4.78, 5) is 39.9. The van der Waals surface area contributed by atoms with E-state index in [2.05, 4.69) is 10.6 Å². The van der Waals surface area contributed by atoms with Crippen molar-refractivity contribution in [2.24, 2.45) is 0 Å². The number of nitrogens with one attached hydrogen (secondary N) is 2. The van der Waals surface area contributed by atoms with E-state index in [1.165, 1.54) is 36.1 Å². The van der Waals surface area contributed by atoms with Crippen molar-refractivity contribution >= 4 is 46.4 Å². The summed E-state index contributed by atoms with van der Waals surface area (Å²) in [5.74, 6) is -1.32. The standard InChI is InChI=1S/C21H21FN4O3S/c1-14(27)23-11-12-25-18(13-19(28)24-16-9-7-15(22)8-10-16)20(29)26(21(25)30)17-5-3-2-4-6-17/h2-10,18H,11-13H2,1H3,(H,23,27)(H,24,28). The van der Waals surface area contributed by atoms with Crippen LogP contribution in [-0.2, 0) is 14.4 Å². The topological polar surface area (TPSA) is 81.8 Å². The van der Waals surface area contributed by atoms with E-state index in [9.17, 15) is 18.8 Å². The molecule has 0 bridgehead atoms. The van der Waals surface area contributed by atoms with Gasteiger partial charge in [0.1, 0.15) is 11.9 Å². The van der Waals surface area contributed by atoms with Crippen LogP contribution in [0, 0.1) is 5.82 Å². The lowest BCUT2D eigenvalue weighted by atomic mass is 10.1. The second-order valence-electron chi connectivity index (χ2n) is 6.74. The fourth-order valence-corrected chi connectivity index (χ4v) is 3.59. The molecule has 0 spiro atoms. The molecule has 2 aromatic carbocycles. The predicted molar refractivity (Wildman–Crippen MR) is 115 cm³/mol. The zero-order chi connectivity index (χ0) is 21.7. The second-order valence-corrected chi connectivity index (χ2v) is 7.11. The Bertz CT molecular complexity index is 952. The van der Waals surface area contributed by atoms with E-state index in [1.807, 2.05) is 6.07 Å². The quantitative estimate of drug-likeness (QED) is 0.662. The lowest BCUT2D eigenvalue weighted by Crippen LogP contribution is -2.42. The molecule has 0 aliphatic carbocycles. The number of para-hydroxylation sites is 1. The maximum Gasteiger partial charge on any atom is 0.256 e. The molecule has 0 radical (unpaired) electrons. The average Bonchev–Trinajstić information content (AvgIpc) is 2.94. The minimum absolute atomic E-state index is 0.139. The van der Waals surface area contributed by atoms with E-state index in [-0.39, 0.29) is 36.4 Å². The number of anilines is 2. The van der Waals surface area contributed by atoms with Crippen molar-refractivity contribution in [1.82, 2.24) is 10.2 Å². The van der Waals surface area contributed by atoms with Crippen LogP contribution in [-0.4, -0.2) is 46.9 Å². The highest BCUT2D eigenvalue weighted by atomic mass is 32.1. The Hall–Kier alpha value is -3.33. The van der Waals surface area contributed by atoms with Gasteiger partial charge in [-0.25, -0.2) is 4.39 Å². The summed E-state index contributed by atoms with van der Waals surface area (Å²) in [6.07, 6.45) is -0.139. The van der Waals surface area contributed by atoms with Crippen LogP contribution >= 0.6 is 12.2 Å². The van der Waals surface area contributed by atoms with Gasteiger partial charge in [-0.05, 0) is 48.6 Å². The number of thiocarbonyl (C=S) groups is 1. The third-order valence-electron chi connectivity index (χ3n) is 4.57. The molecule has 1 aliphatic heterocycles. The van der Waals surface area contributed by atoms with Gasteiger partial charge in [-0.1, -0.05) is 18.2 Å². The minimum Gasteiger partial charge on any atom is -0.355 e. The molecular weight excluding hydrogens is 407 g/mol. The minimum atomic E-state index is -0.813. The second kappa shape index (κ2) is 9.45. The van der Waals surface area contributed by atoms with Crippen molar-refractivity contribution < 1.29 is 18.8 Å².